The number of nitriles is 1. The van der Waals surface area contributed by atoms with Crippen molar-refractivity contribution < 1.29 is 13.3 Å². The van der Waals surface area contributed by atoms with Crippen LogP contribution in [-0.2, 0) is 10.0 Å². The van der Waals surface area contributed by atoms with E-state index in [0.717, 1.165) is 0 Å². The first-order valence-electron chi connectivity index (χ1n) is 7.99. The highest BCUT2D eigenvalue weighted by Gasteiger charge is 2.31. The van der Waals surface area contributed by atoms with Crippen molar-refractivity contribution in [3.05, 3.63) is 56.2 Å². The minimum absolute atomic E-state index is 0.0599. The molecular weight excluding hydrogens is 429 g/mol. The fourth-order valence-corrected chi connectivity index (χ4v) is 4.98. The average molecular weight is 442 g/mol. The SMILES string of the molecule is N#Cc1nc(N2CCN(S(=O)(=O)c3cc(Cl)ccc3Cl)CC2)ccc1[N+](=O)[O-]. The molecule has 0 spiro atoms. The van der Waals surface area contributed by atoms with Gasteiger partial charge in [-0.15, -0.1) is 0 Å². The van der Waals surface area contributed by atoms with E-state index in [4.69, 9.17) is 28.5 Å². The van der Waals surface area contributed by atoms with Crippen molar-refractivity contribution in [1.29, 1.82) is 5.26 Å². The van der Waals surface area contributed by atoms with Gasteiger partial charge in [-0.2, -0.15) is 9.57 Å². The number of pyridine rings is 1. The normalized spacial score (nSPS) is 15.2. The quantitative estimate of drug-likeness (QED) is 0.527. The third-order valence-corrected chi connectivity index (χ3v) is 6.85. The second kappa shape index (κ2) is 7.89. The molecule has 1 saturated heterocycles. The summed E-state index contributed by atoms with van der Waals surface area (Å²) in [6, 6.07) is 8.61. The lowest BCUT2D eigenvalue weighted by Gasteiger charge is -2.34. The first kappa shape index (κ1) is 20.3. The number of aromatic nitrogens is 1. The zero-order valence-electron chi connectivity index (χ0n) is 14.2. The van der Waals surface area contributed by atoms with Crippen LogP contribution in [0.3, 0.4) is 0 Å². The molecule has 2 heterocycles. The largest absolute Gasteiger partial charge is 0.354 e. The van der Waals surface area contributed by atoms with Gasteiger partial charge in [-0.25, -0.2) is 13.4 Å². The van der Waals surface area contributed by atoms with Gasteiger partial charge in [0.1, 0.15) is 16.8 Å². The molecule has 0 aliphatic carbocycles. The molecule has 9 nitrogen and oxygen atoms in total. The number of hydrogen-bond acceptors (Lipinski definition) is 7. The van der Waals surface area contributed by atoms with E-state index in [2.05, 4.69) is 4.98 Å². The third kappa shape index (κ3) is 3.88. The van der Waals surface area contributed by atoms with Crippen molar-refractivity contribution in [2.24, 2.45) is 0 Å². The summed E-state index contributed by atoms with van der Waals surface area (Å²) in [6.45, 7) is 0.914. The van der Waals surface area contributed by atoms with E-state index < -0.39 is 14.9 Å². The number of nitro groups is 1. The van der Waals surface area contributed by atoms with Crippen LogP contribution >= 0.6 is 23.2 Å². The van der Waals surface area contributed by atoms with E-state index >= 15 is 0 Å². The maximum absolute atomic E-state index is 12.9. The molecule has 0 amide bonds. The van der Waals surface area contributed by atoms with Crippen LogP contribution in [0.5, 0.6) is 0 Å². The first-order valence-corrected chi connectivity index (χ1v) is 10.2. The minimum Gasteiger partial charge on any atom is -0.354 e. The molecule has 0 bridgehead atoms. The maximum Gasteiger partial charge on any atom is 0.305 e. The van der Waals surface area contributed by atoms with Gasteiger partial charge in [0, 0.05) is 37.3 Å². The molecule has 0 saturated carbocycles. The van der Waals surface area contributed by atoms with Gasteiger partial charge in [-0.3, -0.25) is 10.1 Å². The molecule has 146 valence electrons. The Bertz CT molecular complexity index is 1080. The molecular formula is C16H13Cl2N5O4S. The van der Waals surface area contributed by atoms with E-state index in [1.807, 2.05) is 0 Å². The molecule has 0 radical (unpaired) electrons. The highest BCUT2D eigenvalue weighted by molar-refractivity contribution is 7.89. The van der Waals surface area contributed by atoms with E-state index in [1.54, 1.807) is 11.0 Å². The lowest BCUT2D eigenvalue weighted by Crippen LogP contribution is -2.49. The zero-order valence-corrected chi connectivity index (χ0v) is 16.6. The highest BCUT2D eigenvalue weighted by Crippen LogP contribution is 2.29. The van der Waals surface area contributed by atoms with Crippen LogP contribution in [0, 0.1) is 21.4 Å². The van der Waals surface area contributed by atoms with E-state index in [9.17, 15) is 18.5 Å². The number of benzene rings is 1. The molecule has 12 heteroatoms. The summed E-state index contributed by atoms with van der Waals surface area (Å²) in [5.74, 6) is 0.375. The van der Waals surface area contributed by atoms with Gasteiger partial charge >= 0.3 is 5.69 Å². The number of hydrogen-bond donors (Lipinski definition) is 0. The first-order chi connectivity index (χ1) is 13.2. The van der Waals surface area contributed by atoms with Crippen molar-refractivity contribution >= 4 is 44.7 Å². The summed E-state index contributed by atoms with van der Waals surface area (Å²) < 4.78 is 27.0. The average Bonchev–Trinajstić information content (AvgIpc) is 2.69. The number of nitrogens with zero attached hydrogens (tertiary/aromatic N) is 5. The van der Waals surface area contributed by atoms with Gasteiger partial charge in [-0.05, 0) is 24.3 Å². The predicted octanol–water partition coefficient (Wildman–Crippen LogP) is 2.68. The number of anilines is 1. The number of rotatable bonds is 4. The molecule has 1 aromatic carbocycles. The van der Waals surface area contributed by atoms with E-state index in [0.29, 0.717) is 18.9 Å². The Morgan fingerprint density at radius 2 is 1.82 bits per heavy atom. The number of sulfonamides is 1. The van der Waals surface area contributed by atoms with Crippen LogP contribution in [0.25, 0.3) is 0 Å². The molecule has 0 unspecified atom stereocenters. The summed E-state index contributed by atoms with van der Waals surface area (Å²) in [5.41, 5.74) is -0.661. The lowest BCUT2D eigenvalue weighted by atomic mass is 10.3. The Balaban J connectivity index is 1.79. The van der Waals surface area contributed by atoms with Gasteiger partial charge in [0.2, 0.25) is 15.7 Å². The summed E-state index contributed by atoms with van der Waals surface area (Å²) in [4.78, 5) is 16.0. The standard InChI is InChI=1S/C16H13Cl2N5O4S/c17-11-1-2-12(18)15(9-11)28(26,27)22-7-5-21(6-8-22)16-4-3-14(23(24)25)13(10-19)20-16/h1-4,9H,5-8H2. The Labute approximate surface area is 170 Å². The summed E-state index contributed by atoms with van der Waals surface area (Å²) >= 11 is 11.9. The van der Waals surface area contributed by atoms with Crippen molar-refractivity contribution in [1.82, 2.24) is 9.29 Å². The van der Waals surface area contributed by atoms with Gasteiger partial charge < -0.3 is 4.90 Å². The monoisotopic (exact) mass is 441 g/mol. The Kier molecular flexibility index (Phi) is 5.71. The van der Waals surface area contributed by atoms with Crippen molar-refractivity contribution in [2.45, 2.75) is 4.90 Å². The van der Waals surface area contributed by atoms with E-state index in [1.165, 1.54) is 34.6 Å². The molecule has 1 aromatic heterocycles. The molecule has 0 atom stereocenters. The second-order valence-electron chi connectivity index (χ2n) is 5.87. The zero-order chi connectivity index (χ0) is 20.5. The fourth-order valence-electron chi connectivity index (χ4n) is 2.82. The lowest BCUT2D eigenvalue weighted by molar-refractivity contribution is -0.385. The molecule has 0 N–H and O–H groups in total. The van der Waals surface area contributed by atoms with Crippen molar-refractivity contribution in [3.8, 4) is 6.07 Å². The van der Waals surface area contributed by atoms with E-state index in [-0.39, 0.29) is 39.4 Å². The molecule has 3 rings (SSSR count). The second-order valence-corrected chi connectivity index (χ2v) is 8.62. The van der Waals surface area contributed by atoms with Gasteiger partial charge in [0.25, 0.3) is 0 Å². The Morgan fingerprint density at radius 1 is 1.14 bits per heavy atom. The van der Waals surface area contributed by atoms with Crippen molar-refractivity contribution in [3.63, 3.8) is 0 Å². The third-order valence-electron chi connectivity index (χ3n) is 4.24. The number of halogens is 2. The molecule has 2 aromatic rings. The maximum atomic E-state index is 12.9. The van der Waals surface area contributed by atoms with Crippen LogP contribution in [0.2, 0.25) is 10.0 Å². The van der Waals surface area contributed by atoms with Gasteiger partial charge in [-0.1, -0.05) is 23.2 Å². The molecule has 1 aliphatic rings. The smallest absolute Gasteiger partial charge is 0.305 e. The minimum atomic E-state index is -3.82. The van der Waals surface area contributed by atoms with Crippen LogP contribution in [-0.4, -0.2) is 48.8 Å². The summed E-state index contributed by atoms with van der Waals surface area (Å²) in [6.07, 6.45) is 0. The molecule has 1 fully saturated rings. The topological polar surface area (TPSA) is 120 Å². The van der Waals surface area contributed by atoms with Crippen LogP contribution < -0.4 is 4.90 Å². The molecule has 1 aliphatic heterocycles. The van der Waals surface area contributed by atoms with Crippen LogP contribution in [0.15, 0.2) is 35.2 Å². The number of piperazine rings is 1. The summed E-state index contributed by atoms with van der Waals surface area (Å²) in [5, 5.41) is 20.3. The van der Waals surface area contributed by atoms with Gasteiger partial charge in [0.05, 0.1) is 9.95 Å². The Morgan fingerprint density at radius 3 is 2.43 bits per heavy atom. The van der Waals surface area contributed by atoms with Gasteiger partial charge in [0.15, 0.2) is 0 Å². The Hall–Kier alpha value is -2.45. The summed E-state index contributed by atoms with van der Waals surface area (Å²) in [7, 11) is -3.82. The van der Waals surface area contributed by atoms with Crippen molar-refractivity contribution in [2.75, 3.05) is 31.1 Å². The predicted molar refractivity (Wildman–Crippen MR) is 103 cm³/mol. The van der Waals surface area contributed by atoms with Crippen LogP contribution in [0.4, 0.5) is 11.5 Å². The fraction of sp³-hybridized carbons (Fsp3) is 0.250. The molecule has 28 heavy (non-hydrogen) atoms. The van der Waals surface area contributed by atoms with Crippen LogP contribution in [0.1, 0.15) is 5.69 Å². The highest BCUT2D eigenvalue weighted by atomic mass is 35.5.